The van der Waals surface area contributed by atoms with Crippen LogP contribution in [0.3, 0.4) is 0 Å². The Morgan fingerprint density at radius 1 is 1.28 bits per heavy atom. The van der Waals surface area contributed by atoms with Gasteiger partial charge in [0.05, 0.1) is 5.75 Å². The van der Waals surface area contributed by atoms with Crippen molar-refractivity contribution in [2.24, 2.45) is 0 Å². The first-order chi connectivity index (χ1) is 8.49. The molecule has 0 unspecified atom stereocenters. The summed E-state index contributed by atoms with van der Waals surface area (Å²) < 4.78 is 23.4. The van der Waals surface area contributed by atoms with Crippen molar-refractivity contribution in [2.75, 3.05) is 24.6 Å². The van der Waals surface area contributed by atoms with Gasteiger partial charge in [-0.25, -0.2) is 8.42 Å². The maximum atomic E-state index is 11.7. The van der Waals surface area contributed by atoms with Crippen LogP contribution in [0.15, 0.2) is 24.3 Å². The van der Waals surface area contributed by atoms with E-state index in [-0.39, 0.29) is 11.2 Å². The zero-order valence-corrected chi connectivity index (χ0v) is 11.9. The van der Waals surface area contributed by atoms with Crippen molar-refractivity contribution in [1.29, 1.82) is 0 Å². The van der Waals surface area contributed by atoms with Crippen LogP contribution in [0.5, 0.6) is 0 Å². The van der Waals surface area contributed by atoms with Gasteiger partial charge in [0, 0.05) is 24.3 Å². The SMILES string of the molecule is CCS(=O)(=O)CCC1(c2ccccc2C)CNC1. The molecule has 1 saturated heterocycles. The van der Waals surface area contributed by atoms with E-state index in [0.29, 0.717) is 5.75 Å². The molecule has 4 heteroatoms. The highest BCUT2D eigenvalue weighted by molar-refractivity contribution is 7.91. The first-order valence-electron chi connectivity index (χ1n) is 6.46. The van der Waals surface area contributed by atoms with Gasteiger partial charge in [-0.1, -0.05) is 31.2 Å². The molecule has 2 rings (SSSR count). The number of rotatable bonds is 5. The van der Waals surface area contributed by atoms with Crippen LogP contribution in [0.1, 0.15) is 24.5 Å². The summed E-state index contributed by atoms with van der Waals surface area (Å²) in [5, 5.41) is 3.29. The lowest BCUT2D eigenvalue weighted by Gasteiger charge is -2.44. The fourth-order valence-electron chi connectivity index (χ4n) is 2.59. The van der Waals surface area contributed by atoms with E-state index in [1.165, 1.54) is 11.1 Å². The van der Waals surface area contributed by atoms with Gasteiger partial charge >= 0.3 is 0 Å². The van der Waals surface area contributed by atoms with Gasteiger partial charge in [-0.15, -0.1) is 0 Å². The van der Waals surface area contributed by atoms with Gasteiger partial charge in [0.1, 0.15) is 9.84 Å². The summed E-state index contributed by atoms with van der Waals surface area (Å²) in [5.41, 5.74) is 2.58. The molecule has 1 aliphatic rings. The van der Waals surface area contributed by atoms with Crippen molar-refractivity contribution in [3.8, 4) is 0 Å². The molecule has 18 heavy (non-hydrogen) atoms. The van der Waals surface area contributed by atoms with Crippen LogP contribution < -0.4 is 5.32 Å². The number of sulfone groups is 1. The van der Waals surface area contributed by atoms with Gasteiger partial charge in [0.25, 0.3) is 0 Å². The van der Waals surface area contributed by atoms with E-state index < -0.39 is 9.84 Å². The molecule has 1 N–H and O–H groups in total. The van der Waals surface area contributed by atoms with E-state index in [1.807, 2.05) is 12.1 Å². The van der Waals surface area contributed by atoms with E-state index in [9.17, 15) is 8.42 Å². The van der Waals surface area contributed by atoms with Gasteiger partial charge in [-0.05, 0) is 24.5 Å². The average molecular weight is 267 g/mol. The Morgan fingerprint density at radius 2 is 1.94 bits per heavy atom. The molecule has 0 atom stereocenters. The van der Waals surface area contributed by atoms with Crippen LogP contribution in [-0.4, -0.2) is 33.0 Å². The smallest absolute Gasteiger partial charge is 0.150 e. The van der Waals surface area contributed by atoms with Crippen LogP contribution in [0.4, 0.5) is 0 Å². The summed E-state index contributed by atoms with van der Waals surface area (Å²) >= 11 is 0. The molecule has 1 aromatic rings. The van der Waals surface area contributed by atoms with E-state index in [2.05, 4.69) is 24.4 Å². The van der Waals surface area contributed by atoms with Gasteiger partial charge < -0.3 is 5.32 Å². The number of benzene rings is 1. The summed E-state index contributed by atoms with van der Waals surface area (Å²) in [6, 6.07) is 8.30. The predicted octanol–water partition coefficient (Wildman–Crippen LogP) is 1.66. The fraction of sp³-hybridized carbons (Fsp3) is 0.571. The predicted molar refractivity (Wildman–Crippen MR) is 74.7 cm³/mol. The Labute approximate surface area is 110 Å². The first kappa shape index (κ1) is 13.6. The van der Waals surface area contributed by atoms with E-state index in [0.717, 1.165) is 19.5 Å². The maximum absolute atomic E-state index is 11.7. The van der Waals surface area contributed by atoms with Gasteiger partial charge in [-0.2, -0.15) is 0 Å². The van der Waals surface area contributed by atoms with Crippen molar-refractivity contribution in [3.63, 3.8) is 0 Å². The molecule has 0 bridgehead atoms. The molecule has 1 aliphatic heterocycles. The second-order valence-electron chi connectivity index (χ2n) is 5.19. The largest absolute Gasteiger partial charge is 0.315 e. The molecule has 0 saturated carbocycles. The van der Waals surface area contributed by atoms with E-state index in [1.54, 1.807) is 6.92 Å². The lowest BCUT2D eigenvalue weighted by molar-refractivity contribution is 0.267. The van der Waals surface area contributed by atoms with E-state index in [4.69, 9.17) is 0 Å². The van der Waals surface area contributed by atoms with Gasteiger partial charge in [0.2, 0.25) is 0 Å². The third-order valence-corrected chi connectivity index (χ3v) is 5.68. The second-order valence-corrected chi connectivity index (χ2v) is 7.66. The summed E-state index contributed by atoms with van der Waals surface area (Å²) in [4.78, 5) is 0. The Balaban J connectivity index is 2.20. The number of hydrogen-bond donors (Lipinski definition) is 1. The van der Waals surface area contributed by atoms with Crippen LogP contribution in [0.2, 0.25) is 0 Å². The van der Waals surface area contributed by atoms with Crippen molar-refractivity contribution < 1.29 is 8.42 Å². The Morgan fingerprint density at radius 3 is 2.44 bits per heavy atom. The summed E-state index contributed by atoms with van der Waals surface area (Å²) in [5.74, 6) is 0.532. The lowest BCUT2D eigenvalue weighted by Crippen LogP contribution is -2.57. The Kier molecular flexibility index (Phi) is 3.78. The molecular weight excluding hydrogens is 246 g/mol. The van der Waals surface area contributed by atoms with Crippen LogP contribution in [0, 0.1) is 6.92 Å². The maximum Gasteiger partial charge on any atom is 0.150 e. The number of hydrogen-bond acceptors (Lipinski definition) is 3. The van der Waals surface area contributed by atoms with Gasteiger partial charge in [0.15, 0.2) is 0 Å². The molecule has 1 heterocycles. The molecule has 1 aromatic carbocycles. The van der Waals surface area contributed by atoms with Crippen molar-refractivity contribution in [3.05, 3.63) is 35.4 Å². The van der Waals surface area contributed by atoms with E-state index >= 15 is 0 Å². The highest BCUT2D eigenvalue weighted by Gasteiger charge is 2.39. The zero-order valence-electron chi connectivity index (χ0n) is 11.1. The summed E-state index contributed by atoms with van der Waals surface area (Å²) in [6.45, 7) is 5.59. The highest BCUT2D eigenvalue weighted by atomic mass is 32.2. The quantitative estimate of drug-likeness (QED) is 0.882. The minimum atomic E-state index is -2.88. The Bertz CT molecular complexity index is 518. The van der Waals surface area contributed by atoms with Crippen molar-refractivity contribution in [2.45, 2.75) is 25.7 Å². The Hall–Kier alpha value is -0.870. The molecule has 0 amide bonds. The van der Waals surface area contributed by atoms with Crippen LogP contribution >= 0.6 is 0 Å². The standard InChI is InChI=1S/C14H21NO2S/c1-3-18(16,17)9-8-14(10-15-11-14)13-7-5-4-6-12(13)2/h4-7,15H,3,8-11H2,1-2H3. The highest BCUT2D eigenvalue weighted by Crippen LogP contribution is 2.34. The van der Waals surface area contributed by atoms with Crippen LogP contribution in [0.25, 0.3) is 0 Å². The molecule has 0 spiro atoms. The topological polar surface area (TPSA) is 46.2 Å². The molecule has 3 nitrogen and oxygen atoms in total. The average Bonchev–Trinajstić information content (AvgIpc) is 2.30. The zero-order chi connectivity index (χ0) is 13.2. The third kappa shape index (κ3) is 2.59. The summed E-state index contributed by atoms with van der Waals surface area (Å²) in [6.07, 6.45) is 0.723. The molecule has 0 aliphatic carbocycles. The molecule has 0 aromatic heterocycles. The van der Waals surface area contributed by atoms with Crippen LogP contribution in [-0.2, 0) is 15.3 Å². The molecular formula is C14H21NO2S. The molecule has 0 radical (unpaired) electrons. The van der Waals surface area contributed by atoms with Crippen molar-refractivity contribution in [1.82, 2.24) is 5.32 Å². The first-order valence-corrected chi connectivity index (χ1v) is 8.28. The third-order valence-electron chi connectivity index (χ3n) is 3.97. The normalized spacial score (nSPS) is 18.3. The minimum absolute atomic E-state index is 0.0214. The van der Waals surface area contributed by atoms with Gasteiger partial charge in [-0.3, -0.25) is 0 Å². The number of nitrogens with one attached hydrogen (secondary N) is 1. The second kappa shape index (κ2) is 5.02. The van der Waals surface area contributed by atoms with Crippen molar-refractivity contribution >= 4 is 9.84 Å². The lowest BCUT2D eigenvalue weighted by atomic mass is 9.71. The monoisotopic (exact) mass is 267 g/mol. The number of aryl methyl sites for hydroxylation is 1. The molecule has 1 fully saturated rings. The molecule has 100 valence electrons. The minimum Gasteiger partial charge on any atom is -0.315 e. The fourth-order valence-corrected chi connectivity index (χ4v) is 3.58. The summed E-state index contributed by atoms with van der Waals surface area (Å²) in [7, 11) is -2.88.